The molecule has 3 aliphatic heterocycles. The number of hydrogen-bond acceptors (Lipinski definition) is 9. The predicted molar refractivity (Wildman–Crippen MR) is 189 cm³/mol. The Morgan fingerprint density at radius 1 is 0.940 bits per heavy atom. The lowest BCUT2D eigenvalue weighted by Gasteiger charge is -2.39. The Hall–Kier alpha value is -4.11. The number of likely N-dealkylation sites (tertiary alicyclic amines) is 1. The van der Waals surface area contributed by atoms with Crippen LogP contribution >= 0.6 is 12.1 Å². The number of nitrogens with one attached hydrogen (secondary N) is 2. The Morgan fingerprint density at radius 3 is 2.40 bits per heavy atom. The standard InChI is InChI=1S/C36H40F3N7O3S/c37-26-9-12-46(21-26)50-42-31-6-5-30(38)33(34(31)39)35(49)29-19-41-36-28(29)17-25(18-40-36)24-1-3-27(4-2-24)45-15-13-44(14-16-45)20-23-7-10-43(11-8-23)22-32(47)48/h1-6,17-19,23,26,42H,7-16,20-22H2,(H,40,41)(H,47,48). The molecule has 14 heteroatoms. The van der Waals surface area contributed by atoms with Crippen LogP contribution < -0.4 is 9.62 Å². The number of alkyl halides is 1. The first-order valence-corrected chi connectivity index (χ1v) is 17.8. The number of halogens is 3. The van der Waals surface area contributed by atoms with Crippen LogP contribution in [0.3, 0.4) is 0 Å². The van der Waals surface area contributed by atoms with Crippen molar-refractivity contribution in [2.45, 2.75) is 25.4 Å². The minimum absolute atomic E-state index is 0.0579. The van der Waals surface area contributed by atoms with Gasteiger partial charge in [-0.1, -0.05) is 12.1 Å². The van der Waals surface area contributed by atoms with E-state index in [-0.39, 0.29) is 24.3 Å². The number of benzene rings is 2. The number of carbonyl (C=O) groups excluding carboxylic acids is 1. The average Bonchev–Trinajstić information content (AvgIpc) is 3.74. The monoisotopic (exact) mass is 707 g/mol. The number of carbonyl (C=O) groups is 2. The van der Waals surface area contributed by atoms with Gasteiger partial charge < -0.3 is 19.7 Å². The van der Waals surface area contributed by atoms with Crippen LogP contribution in [0.15, 0.2) is 54.9 Å². The number of rotatable bonds is 11. The molecular weight excluding hydrogens is 668 g/mol. The summed E-state index contributed by atoms with van der Waals surface area (Å²) in [5.74, 6) is -2.94. The maximum absolute atomic E-state index is 15.6. The molecule has 0 aliphatic carbocycles. The molecule has 4 aromatic rings. The van der Waals surface area contributed by atoms with Crippen molar-refractivity contribution in [3.8, 4) is 11.1 Å². The fourth-order valence-electron chi connectivity index (χ4n) is 7.14. The van der Waals surface area contributed by atoms with Gasteiger partial charge in [0.15, 0.2) is 5.82 Å². The lowest BCUT2D eigenvalue weighted by atomic mass is 9.96. The number of pyridine rings is 1. The van der Waals surface area contributed by atoms with Gasteiger partial charge in [-0.2, -0.15) is 0 Å². The number of aliphatic carboxylic acids is 1. The largest absolute Gasteiger partial charge is 0.480 e. The minimum atomic E-state index is -1.01. The van der Waals surface area contributed by atoms with Crippen LogP contribution in [0.25, 0.3) is 22.2 Å². The van der Waals surface area contributed by atoms with E-state index in [1.54, 1.807) is 16.6 Å². The lowest BCUT2D eigenvalue weighted by Crippen LogP contribution is -2.49. The number of aromatic amines is 1. The molecule has 50 heavy (non-hydrogen) atoms. The molecule has 0 spiro atoms. The Kier molecular flexibility index (Phi) is 10.3. The first-order chi connectivity index (χ1) is 24.2. The first-order valence-electron chi connectivity index (χ1n) is 17.1. The van der Waals surface area contributed by atoms with Crippen LogP contribution in [0, 0.1) is 17.6 Å². The number of H-pyrrole nitrogens is 1. The third-order valence-corrected chi connectivity index (χ3v) is 10.9. The minimum Gasteiger partial charge on any atom is -0.480 e. The van der Waals surface area contributed by atoms with Crippen LogP contribution in [0.4, 0.5) is 24.5 Å². The highest BCUT2D eigenvalue weighted by Gasteiger charge is 2.28. The lowest BCUT2D eigenvalue weighted by molar-refractivity contribution is -0.138. The molecule has 264 valence electrons. The van der Waals surface area contributed by atoms with Gasteiger partial charge in [0.25, 0.3) is 0 Å². The molecule has 3 N–H and O–H groups in total. The van der Waals surface area contributed by atoms with Gasteiger partial charge in [0, 0.05) is 92.5 Å². The molecule has 0 amide bonds. The number of hydrogen-bond donors (Lipinski definition) is 3. The molecule has 0 bridgehead atoms. The molecule has 5 heterocycles. The van der Waals surface area contributed by atoms with Crippen molar-refractivity contribution in [1.82, 2.24) is 24.1 Å². The summed E-state index contributed by atoms with van der Waals surface area (Å²) in [5, 5.41) is 9.50. The fourth-order valence-corrected chi connectivity index (χ4v) is 7.96. The summed E-state index contributed by atoms with van der Waals surface area (Å²) in [6.45, 7) is 7.35. The third-order valence-electron chi connectivity index (χ3n) is 9.99. The zero-order valence-corrected chi connectivity index (χ0v) is 28.4. The van der Waals surface area contributed by atoms with Crippen molar-refractivity contribution in [3.05, 3.63) is 77.6 Å². The van der Waals surface area contributed by atoms with Gasteiger partial charge in [-0.25, -0.2) is 22.5 Å². The van der Waals surface area contributed by atoms with Crippen LogP contribution in [0.1, 0.15) is 35.2 Å². The molecule has 1 unspecified atom stereocenters. The summed E-state index contributed by atoms with van der Waals surface area (Å²) in [6, 6.07) is 12.3. The van der Waals surface area contributed by atoms with E-state index in [1.807, 2.05) is 17.0 Å². The van der Waals surface area contributed by atoms with Crippen LogP contribution in [0.2, 0.25) is 0 Å². The number of fused-ring (bicyclic) bond motifs is 1. The highest BCUT2D eigenvalue weighted by molar-refractivity contribution is 7.98. The van der Waals surface area contributed by atoms with E-state index in [9.17, 15) is 18.4 Å². The van der Waals surface area contributed by atoms with Gasteiger partial charge in [0.1, 0.15) is 17.6 Å². The summed E-state index contributed by atoms with van der Waals surface area (Å²) in [6.07, 6.45) is 4.65. The second-order valence-corrected chi connectivity index (χ2v) is 14.3. The Balaban J connectivity index is 0.990. The smallest absolute Gasteiger partial charge is 0.317 e. The summed E-state index contributed by atoms with van der Waals surface area (Å²) < 4.78 is 48.6. The molecular formula is C36H40F3N7O3S. The van der Waals surface area contributed by atoms with Crippen molar-refractivity contribution in [2.75, 3.05) is 75.1 Å². The molecule has 10 nitrogen and oxygen atoms in total. The maximum atomic E-state index is 15.6. The van der Waals surface area contributed by atoms with Gasteiger partial charge in [-0.15, -0.1) is 0 Å². The molecule has 3 saturated heterocycles. The average molecular weight is 708 g/mol. The summed E-state index contributed by atoms with van der Waals surface area (Å²) in [5.41, 5.74) is 2.59. The second kappa shape index (κ2) is 15.0. The van der Waals surface area contributed by atoms with E-state index >= 15 is 4.39 Å². The third kappa shape index (κ3) is 7.63. The van der Waals surface area contributed by atoms with Gasteiger partial charge in [-0.05, 0) is 74.2 Å². The topological polar surface area (TPSA) is 108 Å². The molecule has 0 saturated carbocycles. The SMILES string of the molecule is O=C(O)CN1CCC(CN2CCN(c3ccc(-c4cnc5[nH]cc(C(=O)c6c(F)ccc(NSN7CCC(F)C7)c6F)c5c4)cc3)CC2)CC1. The molecule has 2 aromatic carbocycles. The van der Waals surface area contributed by atoms with Crippen molar-refractivity contribution >= 4 is 46.3 Å². The Morgan fingerprint density at radius 2 is 1.70 bits per heavy atom. The van der Waals surface area contributed by atoms with Gasteiger partial charge in [-0.3, -0.25) is 19.4 Å². The number of nitrogens with zero attached hydrogens (tertiary/aromatic N) is 5. The summed E-state index contributed by atoms with van der Waals surface area (Å²) >= 11 is 1.03. The number of carboxylic acid groups (broad SMARTS) is 1. The predicted octanol–water partition coefficient (Wildman–Crippen LogP) is 5.68. The van der Waals surface area contributed by atoms with Crippen LogP contribution in [0.5, 0.6) is 0 Å². The van der Waals surface area contributed by atoms with E-state index in [2.05, 4.69) is 36.6 Å². The highest BCUT2D eigenvalue weighted by Crippen LogP contribution is 2.32. The quantitative estimate of drug-likeness (QED) is 0.133. The molecule has 3 fully saturated rings. The highest BCUT2D eigenvalue weighted by atomic mass is 32.2. The van der Waals surface area contributed by atoms with Gasteiger partial charge in [0.05, 0.1) is 17.8 Å². The number of aromatic nitrogens is 2. The summed E-state index contributed by atoms with van der Waals surface area (Å²) in [7, 11) is 0. The number of piperidine rings is 1. The van der Waals surface area contributed by atoms with Crippen molar-refractivity contribution < 1.29 is 27.9 Å². The van der Waals surface area contributed by atoms with Crippen LogP contribution in [-0.4, -0.2) is 113 Å². The molecule has 3 aliphatic rings. The van der Waals surface area contributed by atoms with Crippen LogP contribution in [-0.2, 0) is 4.79 Å². The van der Waals surface area contributed by atoms with E-state index in [0.29, 0.717) is 29.9 Å². The van der Waals surface area contributed by atoms with Gasteiger partial charge in [0.2, 0.25) is 5.78 Å². The second-order valence-electron chi connectivity index (χ2n) is 13.4. The van der Waals surface area contributed by atoms with E-state index < -0.39 is 35.1 Å². The zero-order valence-electron chi connectivity index (χ0n) is 27.6. The molecule has 7 rings (SSSR count). The van der Waals surface area contributed by atoms with Crippen molar-refractivity contribution in [2.24, 2.45) is 5.92 Å². The van der Waals surface area contributed by atoms with Crippen molar-refractivity contribution in [3.63, 3.8) is 0 Å². The maximum Gasteiger partial charge on any atom is 0.317 e. The number of ketones is 1. The Labute approximate surface area is 292 Å². The zero-order chi connectivity index (χ0) is 34.8. The van der Waals surface area contributed by atoms with E-state index in [1.165, 1.54) is 12.3 Å². The number of carboxylic acids is 1. The summed E-state index contributed by atoms with van der Waals surface area (Å²) in [4.78, 5) is 39.0. The molecule has 0 radical (unpaired) electrons. The van der Waals surface area contributed by atoms with Crippen molar-refractivity contribution in [1.29, 1.82) is 0 Å². The van der Waals surface area contributed by atoms with E-state index in [4.69, 9.17) is 5.11 Å². The first kappa shape index (κ1) is 34.3. The van der Waals surface area contributed by atoms with Gasteiger partial charge >= 0.3 is 5.97 Å². The number of piperazine rings is 1. The normalized spacial score (nSPS) is 19.7. The fraction of sp³-hybridized carbons (Fsp3) is 0.417. The van der Waals surface area contributed by atoms with E-state index in [0.717, 1.165) is 93.7 Å². The Bertz CT molecular complexity index is 1840. The molecule has 1 atom stereocenters. The number of anilines is 2. The molecule has 2 aromatic heterocycles.